The molecule has 0 radical (unpaired) electrons. The number of benzene rings is 3. The van der Waals surface area contributed by atoms with Crippen LogP contribution < -0.4 is 5.32 Å². The first-order valence-corrected chi connectivity index (χ1v) is 9.99. The fraction of sp³-hybridized carbons (Fsp3) is 0.120. The Bertz CT molecular complexity index is 1100. The zero-order valence-electron chi connectivity index (χ0n) is 17.2. The predicted octanol–water partition coefficient (Wildman–Crippen LogP) is 4.25. The summed E-state index contributed by atoms with van der Waals surface area (Å²) in [7, 11) is 0. The Balaban J connectivity index is 1.57. The van der Waals surface area contributed by atoms with Crippen LogP contribution in [0.3, 0.4) is 0 Å². The van der Waals surface area contributed by atoms with Gasteiger partial charge in [-0.05, 0) is 29.2 Å². The van der Waals surface area contributed by atoms with Gasteiger partial charge in [-0.2, -0.15) is 0 Å². The van der Waals surface area contributed by atoms with Gasteiger partial charge in [-0.1, -0.05) is 72.8 Å². The van der Waals surface area contributed by atoms with E-state index in [-0.39, 0.29) is 11.7 Å². The molecule has 0 spiro atoms. The molecule has 0 aromatic heterocycles. The van der Waals surface area contributed by atoms with Crippen molar-refractivity contribution in [1.82, 2.24) is 5.32 Å². The highest BCUT2D eigenvalue weighted by atomic mass is 16.6. The second-order valence-electron chi connectivity index (χ2n) is 7.01. The van der Waals surface area contributed by atoms with Gasteiger partial charge in [0.25, 0.3) is 11.6 Å². The molecule has 7 heteroatoms. The SMILES string of the molecule is O=C(COC(=O)/C=C/c1cccc([N+](=O)[O-])c1)NC(Cc1ccccc1)c1ccccc1. The monoisotopic (exact) mass is 430 g/mol. The van der Waals surface area contributed by atoms with Crippen LogP contribution in [0, 0.1) is 10.1 Å². The molecule has 0 fully saturated rings. The van der Waals surface area contributed by atoms with E-state index in [4.69, 9.17) is 4.74 Å². The minimum absolute atomic E-state index is 0.0785. The minimum Gasteiger partial charge on any atom is -0.452 e. The molecule has 0 bridgehead atoms. The van der Waals surface area contributed by atoms with E-state index in [1.54, 1.807) is 6.07 Å². The Labute approximate surface area is 185 Å². The van der Waals surface area contributed by atoms with Crippen molar-refractivity contribution in [1.29, 1.82) is 0 Å². The van der Waals surface area contributed by atoms with E-state index in [0.29, 0.717) is 12.0 Å². The number of nitro groups is 1. The maximum absolute atomic E-state index is 12.4. The summed E-state index contributed by atoms with van der Waals surface area (Å²) >= 11 is 0. The van der Waals surface area contributed by atoms with Gasteiger partial charge in [-0.15, -0.1) is 0 Å². The summed E-state index contributed by atoms with van der Waals surface area (Å²) in [6.45, 7) is -0.434. The first-order valence-electron chi connectivity index (χ1n) is 9.99. The van der Waals surface area contributed by atoms with Gasteiger partial charge in [-0.3, -0.25) is 14.9 Å². The van der Waals surface area contributed by atoms with Gasteiger partial charge >= 0.3 is 5.97 Å². The van der Waals surface area contributed by atoms with Crippen LogP contribution in [0.15, 0.2) is 91.0 Å². The van der Waals surface area contributed by atoms with Crippen molar-refractivity contribution in [2.24, 2.45) is 0 Å². The molecular weight excluding hydrogens is 408 g/mol. The number of ether oxygens (including phenoxy) is 1. The van der Waals surface area contributed by atoms with Crippen molar-refractivity contribution in [3.63, 3.8) is 0 Å². The topological polar surface area (TPSA) is 98.5 Å². The van der Waals surface area contributed by atoms with Crippen LogP contribution >= 0.6 is 0 Å². The summed E-state index contributed by atoms with van der Waals surface area (Å²) in [5, 5.41) is 13.7. The number of hydrogen-bond acceptors (Lipinski definition) is 5. The van der Waals surface area contributed by atoms with E-state index in [9.17, 15) is 19.7 Å². The Hall–Kier alpha value is -4.26. The minimum atomic E-state index is -0.717. The lowest BCUT2D eigenvalue weighted by molar-refractivity contribution is -0.384. The normalized spacial score (nSPS) is 11.6. The fourth-order valence-electron chi connectivity index (χ4n) is 3.11. The molecule has 0 aliphatic carbocycles. The maximum Gasteiger partial charge on any atom is 0.331 e. The summed E-state index contributed by atoms with van der Waals surface area (Å²) in [6.07, 6.45) is 3.12. The summed E-state index contributed by atoms with van der Waals surface area (Å²) in [5.74, 6) is -1.14. The molecule has 32 heavy (non-hydrogen) atoms. The third-order valence-electron chi connectivity index (χ3n) is 4.66. The lowest BCUT2D eigenvalue weighted by Gasteiger charge is -2.19. The molecule has 3 aromatic rings. The zero-order valence-corrected chi connectivity index (χ0v) is 17.2. The molecule has 1 amide bonds. The number of hydrogen-bond donors (Lipinski definition) is 1. The summed E-state index contributed by atoms with van der Waals surface area (Å²) < 4.78 is 5.02. The van der Waals surface area contributed by atoms with Gasteiger partial charge in [0.1, 0.15) is 0 Å². The van der Waals surface area contributed by atoms with Gasteiger partial charge in [0.2, 0.25) is 0 Å². The molecule has 1 unspecified atom stereocenters. The second kappa shape index (κ2) is 11.2. The number of non-ortho nitro benzene ring substituents is 1. The lowest BCUT2D eigenvalue weighted by Crippen LogP contribution is -2.33. The lowest BCUT2D eigenvalue weighted by atomic mass is 9.99. The van der Waals surface area contributed by atoms with Crippen LogP contribution in [0.25, 0.3) is 6.08 Å². The van der Waals surface area contributed by atoms with E-state index < -0.39 is 23.4 Å². The van der Waals surface area contributed by atoms with Crippen LogP contribution in [0.4, 0.5) is 5.69 Å². The first-order chi connectivity index (χ1) is 15.5. The van der Waals surface area contributed by atoms with Crippen molar-refractivity contribution in [2.75, 3.05) is 6.61 Å². The highest BCUT2D eigenvalue weighted by Crippen LogP contribution is 2.18. The number of nitro benzene ring substituents is 1. The Kier molecular flexibility index (Phi) is 7.86. The largest absolute Gasteiger partial charge is 0.452 e. The first kappa shape index (κ1) is 22.4. The molecule has 3 rings (SSSR count). The van der Waals surface area contributed by atoms with Gasteiger partial charge in [0.05, 0.1) is 11.0 Å². The average Bonchev–Trinajstić information content (AvgIpc) is 2.82. The Morgan fingerprint density at radius 3 is 2.34 bits per heavy atom. The van der Waals surface area contributed by atoms with Crippen LogP contribution in [-0.4, -0.2) is 23.4 Å². The Morgan fingerprint density at radius 2 is 1.66 bits per heavy atom. The molecule has 1 atom stereocenters. The quantitative estimate of drug-likeness (QED) is 0.237. The highest BCUT2D eigenvalue weighted by molar-refractivity contribution is 5.89. The zero-order chi connectivity index (χ0) is 22.8. The van der Waals surface area contributed by atoms with Crippen LogP contribution in [0.2, 0.25) is 0 Å². The molecule has 7 nitrogen and oxygen atoms in total. The third kappa shape index (κ3) is 6.91. The molecule has 0 saturated carbocycles. The van der Waals surface area contributed by atoms with Crippen molar-refractivity contribution in [3.8, 4) is 0 Å². The summed E-state index contributed by atoms with van der Waals surface area (Å²) in [4.78, 5) is 34.7. The smallest absolute Gasteiger partial charge is 0.331 e. The number of rotatable bonds is 9. The van der Waals surface area contributed by atoms with Crippen LogP contribution in [-0.2, 0) is 20.7 Å². The molecule has 1 N–H and O–H groups in total. The van der Waals surface area contributed by atoms with E-state index >= 15 is 0 Å². The molecule has 0 aliphatic rings. The average molecular weight is 430 g/mol. The number of carbonyl (C=O) groups is 2. The van der Waals surface area contributed by atoms with Gasteiger partial charge in [-0.25, -0.2) is 4.79 Å². The molecule has 0 heterocycles. The van der Waals surface area contributed by atoms with Gasteiger partial charge < -0.3 is 10.1 Å². The van der Waals surface area contributed by atoms with E-state index in [1.807, 2.05) is 60.7 Å². The molecule has 162 valence electrons. The maximum atomic E-state index is 12.4. The van der Waals surface area contributed by atoms with Crippen LogP contribution in [0.5, 0.6) is 0 Å². The predicted molar refractivity (Wildman–Crippen MR) is 121 cm³/mol. The van der Waals surface area contributed by atoms with Gasteiger partial charge in [0, 0.05) is 18.2 Å². The fourth-order valence-corrected chi connectivity index (χ4v) is 3.11. The highest BCUT2D eigenvalue weighted by Gasteiger charge is 2.16. The van der Waals surface area contributed by atoms with Crippen LogP contribution in [0.1, 0.15) is 22.7 Å². The van der Waals surface area contributed by atoms with E-state index in [2.05, 4.69) is 5.32 Å². The number of carbonyl (C=O) groups excluding carboxylic acids is 2. The standard InChI is InChI=1S/C25H22N2O5/c28-24(18-32-25(29)15-14-20-10-7-13-22(16-20)27(30)31)26-23(21-11-5-2-6-12-21)17-19-8-3-1-4-9-19/h1-16,23H,17-18H2,(H,26,28)/b15-14+. The van der Waals surface area contributed by atoms with Crippen molar-refractivity contribution in [3.05, 3.63) is 118 Å². The number of nitrogens with zero attached hydrogens (tertiary/aromatic N) is 1. The summed E-state index contributed by atoms with van der Waals surface area (Å²) in [6, 6.07) is 24.9. The van der Waals surface area contributed by atoms with E-state index in [0.717, 1.165) is 17.2 Å². The Morgan fingerprint density at radius 1 is 0.969 bits per heavy atom. The van der Waals surface area contributed by atoms with Crippen molar-refractivity contribution >= 4 is 23.6 Å². The van der Waals surface area contributed by atoms with Crippen molar-refractivity contribution < 1.29 is 19.2 Å². The molecule has 0 saturated heterocycles. The third-order valence-corrected chi connectivity index (χ3v) is 4.66. The van der Waals surface area contributed by atoms with E-state index in [1.165, 1.54) is 24.3 Å². The van der Waals surface area contributed by atoms with Gasteiger partial charge in [0.15, 0.2) is 6.61 Å². The molecule has 0 aliphatic heterocycles. The summed E-state index contributed by atoms with van der Waals surface area (Å²) in [5.41, 5.74) is 2.41. The second-order valence-corrected chi connectivity index (χ2v) is 7.01. The molecular formula is C25H22N2O5. The molecule has 3 aromatic carbocycles. The number of esters is 1. The number of nitrogens with one attached hydrogen (secondary N) is 1. The van der Waals surface area contributed by atoms with Crippen molar-refractivity contribution in [2.45, 2.75) is 12.5 Å². The number of amides is 1.